The molecule has 21 heavy (non-hydrogen) atoms. The predicted octanol–water partition coefficient (Wildman–Crippen LogP) is 2.53. The van der Waals surface area contributed by atoms with E-state index < -0.39 is 18.0 Å². The molecule has 124 valence electrons. The molecule has 3 N–H and O–H groups in total. The molecule has 0 aromatic heterocycles. The van der Waals surface area contributed by atoms with Crippen molar-refractivity contribution < 1.29 is 19.4 Å². The fourth-order valence-corrected chi connectivity index (χ4v) is 2.01. The third-order valence-corrected chi connectivity index (χ3v) is 3.26. The van der Waals surface area contributed by atoms with Crippen LogP contribution in [0.4, 0.5) is 4.79 Å². The minimum absolute atomic E-state index is 0.369. The maximum Gasteiger partial charge on any atom is 0.326 e. The van der Waals surface area contributed by atoms with Crippen LogP contribution < -0.4 is 10.6 Å². The molecule has 0 aromatic carbocycles. The number of ether oxygens (including phenoxy) is 1. The summed E-state index contributed by atoms with van der Waals surface area (Å²) in [5, 5.41) is 14.2. The third kappa shape index (κ3) is 12.2. The summed E-state index contributed by atoms with van der Waals surface area (Å²) in [7, 11) is 1.57. The molecule has 6 heteroatoms. The molecule has 0 saturated heterocycles. The Bertz CT molecular complexity index is 285. The summed E-state index contributed by atoms with van der Waals surface area (Å²) < 4.78 is 4.88. The van der Waals surface area contributed by atoms with E-state index in [0.29, 0.717) is 26.0 Å². The van der Waals surface area contributed by atoms with E-state index in [2.05, 4.69) is 17.6 Å². The summed E-state index contributed by atoms with van der Waals surface area (Å²) in [4.78, 5) is 22.6. The molecule has 0 spiro atoms. The van der Waals surface area contributed by atoms with Crippen molar-refractivity contribution in [3.63, 3.8) is 0 Å². The Labute approximate surface area is 127 Å². The second kappa shape index (κ2) is 13.7. The standard InChI is InChI=1S/C15H30N2O4/c1-3-4-5-6-7-8-11-16-15(20)17-13(14(18)19)10-9-12-21-2/h13H,3-12H2,1-2H3,(H,18,19)(H2,16,17,20). The van der Waals surface area contributed by atoms with Gasteiger partial charge in [-0.3, -0.25) is 0 Å². The molecule has 0 fully saturated rings. The molecule has 0 heterocycles. The number of rotatable bonds is 13. The van der Waals surface area contributed by atoms with Crippen molar-refractivity contribution in [3.05, 3.63) is 0 Å². The smallest absolute Gasteiger partial charge is 0.326 e. The van der Waals surface area contributed by atoms with Gasteiger partial charge in [0.1, 0.15) is 6.04 Å². The van der Waals surface area contributed by atoms with Gasteiger partial charge in [0, 0.05) is 20.3 Å². The van der Waals surface area contributed by atoms with Crippen molar-refractivity contribution in [1.82, 2.24) is 10.6 Å². The van der Waals surface area contributed by atoms with Gasteiger partial charge >= 0.3 is 12.0 Å². The van der Waals surface area contributed by atoms with Crippen LogP contribution in [0.5, 0.6) is 0 Å². The average molecular weight is 302 g/mol. The number of nitrogens with one attached hydrogen (secondary N) is 2. The predicted molar refractivity (Wildman–Crippen MR) is 82.4 cm³/mol. The number of carboxylic acids is 1. The number of unbranched alkanes of at least 4 members (excludes halogenated alkanes) is 5. The first-order valence-electron chi connectivity index (χ1n) is 7.88. The Balaban J connectivity index is 3.70. The Hall–Kier alpha value is -1.30. The number of amides is 2. The minimum atomic E-state index is -1.01. The zero-order valence-corrected chi connectivity index (χ0v) is 13.3. The summed E-state index contributed by atoms with van der Waals surface area (Å²) in [6.45, 7) is 3.25. The molecule has 1 atom stereocenters. The number of carbonyl (C=O) groups excluding carboxylic acids is 1. The first kappa shape index (κ1) is 19.7. The second-order valence-electron chi connectivity index (χ2n) is 5.19. The van der Waals surface area contributed by atoms with Crippen LogP contribution in [-0.2, 0) is 9.53 Å². The largest absolute Gasteiger partial charge is 0.480 e. The number of methoxy groups -OCH3 is 1. The highest BCUT2D eigenvalue weighted by atomic mass is 16.5. The van der Waals surface area contributed by atoms with Gasteiger partial charge in [0.25, 0.3) is 0 Å². The Morgan fingerprint density at radius 3 is 2.38 bits per heavy atom. The van der Waals surface area contributed by atoms with Crippen LogP contribution in [-0.4, -0.2) is 43.4 Å². The normalized spacial score (nSPS) is 11.9. The van der Waals surface area contributed by atoms with E-state index in [1.807, 2.05) is 0 Å². The lowest BCUT2D eigenvalue weighted by molar-refractivity contribution is -0.139. The SMILES string of the molecule is CCCCCCCCNC(=O)NC(CCCOC)C(=O)O. The van der Waals surface area contributed by atoms with Gasteiger partial charge in [0.05, 0.1) is 0 Å². The topological polar surface area (TPSA) is 87.7 Å². The van der Waals surface area contributed by atoms with Crippen LogP contribution in [0.2, 0.25) is 0 Å². The van der Waals surface area contributed by atoms with Crippen molar-refractivity contribution in [2.24, 2.45) is 0 Å². The van der Waals surface area contributed by atoms with E-state index >= 15 is 0 Å². The minimum Gasteiger partial charge on any atom is -0.480 e. The molecule has 2 amide bonds. The van der Waals surface area contributed by atoms with Crippen LogP contribution in [0, 0.1) is 0 Å². The van der Waals surface area contributed by atoms with Gasteiger partial charge in [-0.1, -0.05) is 39.0 Å². The number of hydrogen-bond donors (Lipinski definition) is 3. The van der Waals surface area contributed by atoms with Gasteiger partial charge < -0.3 is 20.5 Å². The third-order valence-electron chi connectivity index (χ3n) is 3.26. The lowest BCUT2D eigenvalue weighted by Crippen LogP contribution is -2.46. The van der Waals surface area contributed by atoms with Crippen molar-refractivity contribution in [2.75, 3.05) is 20.3 Å². The highest BCUT2D eigenvalue weighted by Crippen LogP contribution is 2.04. The van der Waals surface area contributed by atoms with Crippen LogP contribution >= 0.6 is 0 Å². The molecule has 0 saturated carbocycles. The lowest BCUT2D eigenvalue weighted by atomic mass is 10.1. The van der Waals surface area contributed by atoms with E-state index in [1.165, 1.54) is 25.7 Å². The van der Waals surface area contributed by atoms with Crippen molar-refractivity contribution in [1.29, 1.82) is 0 Å². The number of aliphatic carboxylic acids is 1. The number of carboxylic acid groups (broad SMARTS) is 1. The molecule has 0 aliphatic rings. The average Bonchev–Trinajstić information content (AvgIpc) is 2.45. The van der Waals surface area contributed by atoms with Gasteiger partial charge in [-0.25, -0.2) is 9.59 Å². The summed E-state index contributed by atoms with van der Waals surface area (Å²) in [5.41, 5.74) is 0. The summed E-state index contributed by atoms with van der Waals surface area (Å²) in [6, 6.07) is -1.27. The molecule has 0 aromatic rings. The molecule has 0 radical (unpaired) electrons. The molecular formula is C15H30N2O4. The quantitative estimate of drug-likeness (QED) is 0.456. The fourth-order valence-electron chi connectivity index (χ4n) is 2.01. The zero-order chi connectivity index (χ0) is 15.9. The second-order valence-corrected chi connectivity index (χ2v) is 5.19. The maximum absolute atomic E-state index is 11.6. The number of urea groups is 1. The van der Waals surface area contributed by atoms with Gasteiger partial charge in [0.2, 0.25) is 0 Å². The highest BCUT2D eigenvalue weighted by Gasteiger charge is 2.18. The van der Waals surface area contributed by atoms with E-state index in [9.17, 15) is 9.59 Å². The van der Waals surface area contributed by atoms with Crippen LogP contribution in [0.3, 0.4) is 0 Å². The van der Waals surface area contributed by atoms with Gasteiger partial charge in [-0.2, -0.15) is 0 Å². The number of hydrogen-bond acceptors (Lipinski definition) is 3. The maximum atomic E-state index is 11.6. The van der Waals surface area contributed by atoms with E-state index in [4.69, 9.17) is 9.84 Å². The molecule has 0 rings (SSSR count). The zero-order valence-electron chi connectivity index (χ0n) is 13.3. The molecule has 1 unspecified atom stereocenters. The first-order chi connectivity index (χ1) is 10.1. The number of carbonyl (C=O) groups is 2. The molecule has 6 nitrogen and oxygen atoms in total. The van der Waals surface area contributed by atoms with Gasteiger partial charge in [0.15, 0.2) is 0 Å². The van der Waals surface area contributed by atoms with Crippen molar-refractivity contribution >= 4 is 12.0 Å². The van der Waals surface area contributed by atoms with Crippen LogP contribution in [0.15, 0.2) is 0 Å². The Kier molecular flexibility index (Phi) is 12.8. The Morgan fingerprint density at radius 1 is 1.10 bits per heavy atom. The summed E-state index contributed by atoms with van der Waals surface area (Å²) >= 11 is 0. The van der Waals surface area contributed by atoms with Crippen molar-refractivity contribution in [2.45, 2.75) is 64.3 Å². The van der Waals surface area contributed by atoms with Crippen LogP contribution in [0.25, 0.3) is 0 Å². The molecule has 0 aliphatic heterocycles. The van der Waals surface area contributed by atoms with E-state index in [0.717, 1.165) is 12.8 Å². The van der Waals surface area contributed by atoms with E-state index in [1.54, 1.807) is 7.11 Å². The molecule has 0 bridgehead atoms. The molecular weight excluding hydrogens is 272 g/mol. The van der Waals surface area contributed by atoms with Gasteiger partial charge in [-0.05, 0) is 19.3 Å². The lowest BCUT2D eigenvalue weighted by Gasteiger charge is -2.15. The van der Waals surface area contributed by atoms with Crippen molar-refractivity contribution in [3.8, 4) is 0 Å². The summed E-state index contributed by atoms with van der Waals surface area (Å²) in [5.74, 6) is -1.01. The first-order valence-corrected chi connectivity index (χ1v) is 7.88. The Morgan fingerprint density at radius 2 is 1.76 bits per heavy atom. The fraction of sp³-hybridized carbons (Fsp3) is 0.867. The summed E-state index contributed by atoms with van der Waals surface area (Å²) in [6.07, 6.45) is 7.90. The van der Waals surface area contributed by atoms with Gasteiger partial charge in [-0.15, -0.1) is 0 Å². The monoisotopic (exact) mass is 302 g/mol. The van der Waals surface area contributed by atoms with Crippen LogP contribution in [0.1, 0.15) is 58.3 Å². The molecule has 0 aliphatic carbocycles. The highest BCUT2D eigenvalue weighted by molar-refractivity contribution is 5.82. The van der Waals surface area contributed by atoms with E-state index in [-0.39, 0.29) is 0 Å².